The Morgan fingerprint density at radius 1 is 1.47 bits per heavy atom. The molecule has 0 fully saturated rings. The van der Waals surface area contributed by atoms with Crippen LogP contribution in [0.25, 0.3) is 0 Å². The molecule has 0 aliphatic heterocycles. The summed E-state index contributed by atoms with van der Waals surface area (Å²) in [6.07, 6.45) is 1.25. The van der Waals surface area contributed by atoms with E-state index in [-0.39, 0.29) is 0 Å². The molecule has 3 N–H and O–H groups in total. The molecule has 1 amide bonds. The van der Waals surface area contributed by atoms with E-state index in [9.17, 15) is 4.79 Å². The molecule has 0 radical (unpaired) electrons. The summed E-state index contributed by atoms with van der Waals surface area (Å²) in [4.78, 5) is 11.3. The Labute approximate surface area is 100 Å². The predicted octanol–water partition coefficient (Wildman–Crippen LogP) is 0.419. The molecule has 96 valence electrons. The van der Waals surface area contributed by atoms with Crippen molar-refractivity contribution >= 4 is 6.09 Å². The number of amides is 1. The Morgan fingerprint density at radius 2 is 2.24 bits per heavy atom. The average Bonchev–Trinajstić information content (AvgIpc) is 2.67. The van der Waals surface area contributed by atoms with Crippen LogP contribution in [0, 0.1) is 0 Å². The molecule has 0 bridgehead atoms. The molecular formula is C10H19N5O2. The second kappa shape index (κ2) is 6.19. The van der Waals surface area contributed by atoms with E-state index in [2.05, 4.69) is 26.0 Å². The molecule has 7 nitrogen and oxygen atoms in total. The van der Waals surface area contributed by atoms with Gasteiger partial charge in [0, 0.05) is 19.6 Å². The Hall–Kier alpha value is -1.63. The Bertz CT molecular complexity index is 331. The predicted molar refractivity (Wildman–Crippen MR) is 62.3 cm³/mol. The highest BCUT2D eigenvalue weighted by Crippen LogP contribution is 2.05. The molecule has 1 heterocycles. The van der Waals surface area contributed by atoms with Crippen LogP contribution in [-0.4, -0.2) is 40.2 Å². The van der Waals surface area contributed by atoms with Crippen molar-refractivity contribution in [1.29, 1.82) is 0 Å². The van der Waals surface area contributed by atoms with E-state index in [4.69, 9.17) is 4.74 Å². The van der Waals surface area contributed by atoms with E-state index in [0.717, 1.165) is 5.69 Å². The van der Waals surface area contributed by atoms with Gasteiger partial charge in [-0.05, 0) is 20.8 Å². The van der Waals surface area contributed by atoms with Crippen molar-refractivity contribution in [3.8, 4) is 0 Å². The molecule has 17 heavy (non-hydrogen) atoms. The van der Waals surface area contributed by atoms with Gasteiger partial charge in [-0.1, -0.05) is 0 Å². The number of carbonyl (C=O) groups excluding carboxylic acids is 1. The monoisotopic (exact) mass is 241 g/mol. The van der Waals surface area contributed by atoms with Gasteiger partial charge in [-0.25, -0.2) is 4.79 Å². The highest BCUT2D eigenvalue weighted by Gasteiger charge is 2.15. The topological polar surface area (TPSA) is 91.9 Å². The number of rotatable bonds is 5. The normalized spacial score (nSPS) is 11.2. The number of hydrogen-bond donors (Lipinski definition) is 3. The summed E-state index contributed by atoms with van der Waals surface area (Å²) >= 11 is 0. The highest BCUT2D eigenvalue weighted by molar-refractivity contribution is 5.67. The van der Waals surface area contributed by atoms with E-state index in [1.807, 2.05) is 20.8 Å². The Kier molecular flexibility index (Phi) is 4.89. The lowest BCUT2D eigenvalue weighted by molar-refractivity contribution is 0.0528. The van der Waals surface area contributed by atoms with E-state index >= 15 is 0 Å². The highest BCUT2D eigenvalue weighted by atomic mass is 16.6. The van der Waals surface area contributed by atoms with E-state index in [1.165, 1.54) is 0 Å². The minimum atomic E-state index is -0.460. The van der Waals surface area contributed by atoms with Gasteiger partial charge in [0.15, 0.2) is 0 Å². The zero-order chi connectivity index (χ0) is 12.7. The minimum Gasteiger partial charge on any atom is -0.444 e. The van der Waals surface area contributed by atoms with Crippen LogP contribution in [0.1, 0.15) is 26.5 Å². The second-order valence-corrected chi connectivity index (χ2v) is 4.57. The fourth-order valence-electron chi connectivity index (χ4n) is 1.09. The van der Waals surface area contributed by atoms with E-state index in [0.29, 0.717) is 19.6 Å². The molecule has 1 rings (SSSR count). The second-order valence-electron chi connectivity index (χ2n) is 4.57. The standard InChI is InChI=1S/C10H19N5O2/c1-10(2,3)17-9(16)12-5-4-11-6-8-7-13-15-14-8/h7,11H,4-6H2,1-3H3,(H,12,16)(H,13,14,15). The summed E-state index contributed by atoms with van der Waals surface area (Å²) in [5.74, 6) is 0. The first-order valence-electron chi connectivity index (χ1n) is 5.49. The van der Waals surface area contributed by atoms with Crippen LogP contribution in [0.2, 0.25) is 0 Å². The van der Waals surface area contributed by atoms with Gasteiger partial charge >= 0.3 is 6.09 Å². The van der Waals surface area contributed by atoms with Crippen molar-refractivity contribution in [1.82, 2.24) is 26.0 Å². The third-order valence-electron chi connectivity index (χ3n) is 1.74. The molecule has 0 saturated heterocycles. The van der Waals surface area contributed by atoms with Crippen LogP contribution in [0.4, 0.5) is 4.79 Å². The van der Waals surface area contributed by atoms with Crippen LogP contribution in [0.5, 0.6) is 0 Å². The van der Waals surface area contributed by atoms with Crippen molar-refractivity contribution in [2.45, 2.75) is 32.9 Å². The summed E-state index contributed by atoms with van der Waals surface area (Å²) in [6.45, 7) is 7.26. The summed E-state index contributed by atoms with van der Waals surface area (Å²) in [5, 5.41) is 15.9. The van der Waals surface area contributed by atoms with Crippen LogP contribution < -0.4 is 10.6 Å². The Morgan fingerprint density at radius 3 is 2.82 bits per heavy atom. The molecule has 0 aromatic carbocycles. The van der Waals surface area contributed by atoms with Gasteiger partial charge in [-0.3, -0.25) is 0 Å². The summed E-state index contributed by atoms with van der Waals surface area (Å²) in [7, 11) is 0. The molecule has 0 saturated carbocycles. The molecule has 1 aromatic heterocycles. The number of hydrogen-bond acceptors (Lipinski definition) is 5. The van der Waals surface area contributed by atoms with Gasteiger partial charge in [-0.2, -0.15) is 15.4 Å². The minimum absolute atomic E-state index is 0.402. The van der Waals surface area contributed by atoms with E-state index < -0.39 is 11.7 Å². The smallest absolute Gasteiger partial charge is 0.407 e. The van der Waals surface area contributed by atoms with Crippen LogP contribution in [0.15, 0.2) is 6.20 Å². The van der Waals surface area contributed by atoms with Crippen LogP contribution >= 0.6 is 0 Å². The maximum absolute atomic E-state index is 11.3. The first-order chi connectivity index (χ1) is 7.97. The zero-order valence-corrected chi connectivity index (χ0v) is 10.4. The van der Waals surface area contributed by atoms with Crippen LogP contribution in [-0.2, 0) is 11.3 Å². The van der Waals surface area contributed by atoms with Gasteiger partial charge in [0.1, 0.15) is 5.60 Å². The quantitative estimate of drug-likeness (QED) is 0.650. The molecular weight excluding hydrogens is 222 g/mol. The van der Waals surface area contributed by atoms with Crippen molar-refractivity contribution in [3.05, 3.63) is 11.9 Å². The lowest BCUT2D eigenvalue weighted by Gasteiger charge is -2.19. The molecule has 7 heteroatoms. The van der Waals surface area contributed by atoms with Gasteiger partial charge < -0.3 is 15.4 Å². The van der Waals surface area contributed by atoms with Crippen molar-refractivity contribution < 1.29 is 9.53 Å². The first kappa shape index (κ1) is 13.4. The first-order valence-corrected chi connectivity index (χ1v) is 5.49. The molecule has 0 aliphatic rings. The van der Waals surface area contributed by atoms with Crippen molar-refractivity contribution in [2.24, 2.45) is 0 Å². The summed E-state index contributed by atoms with van der Waals surface area (Å²) in [5.41, 5.74) is 0.375. The number of aromatic amines is 1. The van der Waals surface area contributed by atoms with E-state index in [1.54, 1.807) is 6.20 Å². The summed E-state index contributed by atoms with van der Waals surface area (Å²) < 4.78 is 5.08. The molecule has 0 unspecified atom stereocenters. The van der Waals surface area contributed by atoms with Crippen LogP contribution in [0.3, 0.4) is 0 Å². The van der Waals surface area contributed by atoms with Crippen molar-refractivity contribution in [2.75, 3.05) is 13.1 Å². The lowest BCUT2D eigenvalue weighted by Crippen LogP contribution is -2.36. The molecule has 1 aromatic rings. The fourth-order valence-corrected chi connectivity index (χ4v) is 1.09. The fraction of sp³-hybridized carbons (Fsp3) is 0.700. The average molecular weight is 241 g/mol. The van der Waals surface area contributed by atoms with Gasteiger partial charge in [-0.15, -0.1) is 0 Å². The van der Waals surface area contributed by atoms with Gasteiger partial charge in [0.05, 0.1) is 11.9 Å². The Balaban J connectivity index is 2.02. The lowest BCUT2D eigenvalue weighted by atomic mass is 10.2. The zero-order valence-electron chi connectivity index (χ0n) is 10.4. The largest absolute Gasteiger partial charge is 0.444 e. The summed E-state index contributed by atoms with van der Waals surface area (Å²) in [6, 6.07) is 0. The molecule has 0 aliphatic carbocycles. The van der Waals surface area contributed by atoms with Gasteiger partial charge in [0.2, 0.25) is 0 Å². The third-order valence-corrected chi connectivity index (χ3v) is 1.74. The van der Waals surface area contributed by atoms with Crippen molar-refractivity contribution in [3.63, 3.8) is 0 Å². The number of ether oxygens (including phenoxy) is 1. The number of nitrogens with one attached hydrogen (secondary N) is 3. The number of nitrogens with zero attached hydrogens (tertiary/aromatic N) is 2. The maximum Gasteiger partial charge on any atom is 0.407 e. The maximum atomic E-state index is 11.3. The SMILES string of the molecule is CC(C)(C)OC(=O)NCCNCc1cn[nH]n1. The molecule has 0 atom stereocenters. The number of carbonyl (C=O) groups is 1. The van der Waals surface area contributed by atoms with Gasteiger partial charge in [0.25, 0.3) is 0 Å². The number of alkyl carbamates (subject to hydrolysis) is 1. The number of aromatic nitrogens is 3. The third kappa shape index (κ3) is 6.52. The molecule has 0 spiro atoms. The number of H-pyrrole nitrogens is 1.